The highest BCUT2D eigenvalue weighted by Crippen LogP contribution is 2.24. The number of aromatic nitrogens is 2. The molecule has 0 amide bonds. The van der Waals surface area contributed by atoms with Crippen molar-refractivity contribution < 1.29 is 9.13 Å². The molecule has 2 heterocycles. The maximum Gasteiger partial charge on any atom is 0.232 e. The van der Waals surface area contributed by atoms with Crippen LogP contribution in [0.3, 0.4) is 0 Å². The molecule has 0 N–H and O–H groups in total. The van der Waals surface area contributed by atoms with Gasteiger partial charge in [-0.05, 0) is 31.5 Å². The molecule has 0 radical (unpaired) electrons. The summed E-state index contributed by atoms with van der Waals surface area (Å²) >= 11 is 6.12. The molecule has 0 aliphatic carbocycles. The van der Waals surface area contributed by atoms with E-state index in [9.17, 15) is 4.39 Å². The van der Waals surface area contributed by atoms with Gasteiger partial charge in [-0.2, -0.15) is 0 Å². The van der Waals surface area contributed by atoms with Gasteiger partial charge in [-0.15, -0.1) is 0 Å². The van der Waals surface area contributed by atoms with Crippen LogP contribution in [0.25, 0.3) is 0 Å². The number of ether oxygens (including phenoxy) is 1. The Bertz CT molecular complexity index is 621. The molecule has 1 saturated heterocycles. The minimum atomic E-state index is -0.240. The van der Waals surface area contributed by atoms with Crippen molar-refractivity contribution in [2.45, 2.75) is 19.4 Å². The quantitative estimate of drug-likeness (QED) is 0.837. The fraction of sp³-hybridized carbons (Fsp3) is 0.412. The monoisotopic (exact) mass is 335 g/mol. The van der Waals surface area contributed by atoms with Crippen molar-refractivity contribution in [2.75, 3.05) is 19.7 Å². The summed E-state index contributed by atoms with van der Waals surface area (Å²) in [6.07, 6.45) is 7.01. The van der Waals surface area contributed by atoms with E-state index in [1.54, 1.807) is 30.7 Å². The molecule has 1 aliphatic heterocycles. The van der Waals surface area contributed by atoms with Crippen LogP contribution in [0.5, 0.6) is 5.88 Å². The van der Waals surface area contributed by atoms with Crippen LogP contribution >= 0.6 is 11.6 Å². The first kappa shape index (κ1) is 16.1. The van der Waals surface area contributed by atoms with Crippen molar-refractivity contribution in [3.05, 3.63) is 53.2 Å². The minimum Gasteiger partial charge on any atom is -0.476 e. The van der Waals surface area contributed by atoms with Crippen LogP contribution in [-0.4, -0.2) is 34.6 Å². The molecule has 1 atom stereocenters. The van der Waals surface area contributed by atoms with E-state index < -0.39 is 0 Å². The number of halogens is 2. The van der Waals surface area contributed by atoms with Crippen molar-refractivity contribution in [1.82, 2.24) is 14.9 Å². The lowest BCUT2D eigenvalue weighted by atomic mass is 9.98. The number of hydrogen-bond acceptors (Lipinski definition) is 4. The second-order valence-corrected chi connectivity index (χ2v) is 6.21. The summed E-state index contributed by atoms with van der Waals surface area (Å²) in [6.45, 7) is 2.95. The zero-order chi connectivity index (χ0) is 16.1. The second-order valence-electron chi connectivity index (χ2n) is 5.80. The van der Waals surface area contributed by atoms with Crippen LogP contribution < -0.4 is 4.74 Å². The van der Waals surface area contributed by atoms with Gasteiger partial charge in [0.2, 0.25) is 5.88 Å². The fourth-order valence-electron chi connectivity index (χ4n) is 2.90. The standard InChI is InChI=1S/C17H19ClFN3O/c18-15-4-1-5-16(19)14(15)11-22-8-2-3-13(10-22)12-23-17-9-20-6-7-21-17/h1,4-7,9,13H,2-3,8,10-12H2. The van der Waals surface area contributed by atoms with Crippen molar-refractivity contribution in [3.8, 4) is 5.88 Å². The summed E-state index contributed by atoms with van der Waals surface area (Å²) in [4.78, 5) is 10.3. The third-order valence-electron chi connectivity index (χ3n) is 4.05. The number of rotatable bonds is 5. The highest BCUT2D eigenvalue weighted by Gasteiger charge is 2.22. The summed E-state index contributed by atoms with van der Waals surface area (Å²) in [7, 11) is 0. The average Bonchev–Trinajstić information content (AvgIpc) is 2.58. The minimum absolute atomic E-state index is 0.240. The molecule has 2 aromatic rings. The van der Waals surface area contributed by atoms with Gasteiger partial charge in [0.25, 0.3) is 0 Å². The van der Waals surface area contributed by atoms with Crippen molar-refractivity contribution in [1.29, 1.82) is 0 Å². The lowest BCUT2D eigenvalue weighted by Crippen LogP contribution is -2.37. The predicted octanol–water partition coefficient (Wildman–Crippen LogP) is 3.56. The summed E-state index contributed by atoms with van der Waals surface area (Å²) in [5, 5.41) is 0.489. The van der Waals surface area contributed by atoms with Gasteiger partial charge in [0, 0.05) is 42.0 Å². The molecule has 0 saturated carbocycles. The third kappa shape index (κ3) is 4.39. The average molecular weight is 336 g/mol. The molecule has 6 heteroatoms. The van der Waals surface area contributed by atoms with Gasteiger partial charge in [-0.25, -0.2) is 9.37 Å². The number of likely N-dealkylation sites (tertiary alicyclic amines) is 1. The van der Waals surface area contributed by atoms with E-state index in [0.29, 0.717) is 35.5 Å². The molecule has 122 valence electrons. The van der Waals surface area contributed by atoms with Crippen molar-refractivity contribution in [2.24, 2.45) is 5.92 Å². The fourth-order valence-corrected chi connectivity index (χ4v) is 3.12. The number of hydrogen-bond donors (Lipinski definition) is 0. The topological polar surface area (TPSA) is 38.2 Å². The molecule has 1 aromatic heterocycles. The highest BCUT2D eigenvalue weighted by atomic mass is 35.5. The molecule has 1 aromatic carbocycles. The number of benzene rings is 1. The maximum atomic E-state index is 13.9. The number of nitrogens with zero attached hydrogens (tertiary/aromatic N) is 3. The van der Waals surface area contributed by atoms with Crippen LogP contribution in [0, 0.1) is 11.7 Å². The molecule has 3 rings (SSSR count). The van der Waals surface area contributed by atoms with Gasteiger partial charge in [0.1, 0.15) is 5.82 Å². The van der Waals surface area contributed by atoms with E-state index in [1.807, 2.05) is 0 Å². The Kier molecular flexibility index (Phi) is 5.41. The Morgan fingerprint density at radius 1 is 1.35 bits per heavy atom. The number of piperidine rings is 1. The van der Waals surface area contributed by atoms with Crippen LogP contribution in [0.4, 0.5) is 4.39 Å². The third-order valence-corrected chi connectivity index (χ3v) is 4.41. The van der Waals surface area contributed by atoms with Gasteiger partial charge in [-0.3, -0.25) is 9.88 Å². The van der Waals surface area contributed by atoms with E-state index >= 15 is 0 Å². The molecule has 0 bridgehead atoms. The van der Waals surface area contributed by atoms with Gasteiger partial charge in [-0.1, -0.05) is 17.7 Å². The SMILES string of the molecule is Fc1cccc(Cl)c1CN1CCCC(COc2cnccn2)C1. The Morgan fingerprint density at radius 2 is 2.26 bits per heavy atom. The molecule has 4 nitrogen and oxygen atoms in total. The highest BCUT2D eigenvalue weighted by molar-refractivity contribution is 6.31. The Morgan fingerprint density at radius 3 is 3.04 bits per heavy atom. The molecular formula is C17H19ClFN3O. The first-order chi connectivity index (χ1) is 11.2. The summed E-state index contributed by atoms with van der Waals surface area (Å²) in [5.41, 5.74) is 0.574. The lowest BCUT2D eigenvalue weighted by Gasteiger charge is -2.32. The smallest absolute Gasteiger partial charge is 0.232 e. The summed E-state index contributed by atoms with van der Waals surface area (Å²) in [5.74, 6) is 0.702. The predicted molar refractivity (Wildman–Crippen MR) is 86.9 cm³/mol. The molecule has 1 fully saturated rings. The maximum absolute atomic E-state index is 13.9. The molecule has 1 unspecified atom stereocenters. The van der Waals surface area contributed by atoms with Gasteiger partial charge >= 0.3 is 0 Å². The van der Waals surface area contributed by atoms with Crippen molar-refractivity contribution >= 4 is 11.6 Å². The Balaban J connectivity index is 1.56. The zero-order valence-electron chi connectivity index (χ0n) is 12.8. The Hall–Kier alpha value is -1.72. The second kappa shape index (κ2) is 7.70. The molecule has 1 aliphatic rings. The lowest BCUT2D eigenvalue weighted by molar-refractivity contribution is 0.122. The van der Waals surface area contributed by atoms with Crippen molar-refractivity contribution in [3.63, 3.8) is 0 Å². The summed E-state index contributed by atoms with van der Waals surface area (Å²) in [6, 6.07) is 4.83. The van der Waals surface area contributed by atoms with E-state index in [1.165, 1.54) is 6.07 Å². The normalized spacial score (nSPS) is 18.8. The molecule has 0 spiro atoms. The van der Waals surface area contributed by atoms with Gasteiger partial charge < -0.3 is 4.74 Å². The van der Waals surface area contributed by atoms with Gasteiger partial charge in [0.15, 0.2) is 0 Å². The largest absolute Gasteiger partial charge is 0.476 e. The van der Waals surface area contributed by atoms with E-state index in [-0.39, 0.29) is 5.82 Å². The van der Waals surface area contributed by atoms with E-state index in [4.69, 9.17) is 16.3 Å². The first-order valence-corrected chi connectivity index (χ1v) is 8.14. The van der Waals surface area contributed by atoms with Crippen LogP contribution in [0.15, 0.2) is 36.8 Å². The van der Waals surface area contributed by atoms with E-state index in [0.717, 1.165) is 25.9 Å². The van der Waals surface area contributed by atoms with Gasteiger partial charge in [0.05, 0.1) is 12.8 Å². The Labute approximate surface area is 140 Å². The summed E-state index contributed by atoms with van der Waals surface area (Å²) < 4.78 is 19.6. The molecular weight excluding hydrogens is 317 g/mol. The van der Waals surface area contributed by atoms with Crippen LogP contribution in [0.2, 0.25) is 5.02 Å². The zero-order valence-corrected chi connectivity index (χ0v) is 13.5. The van der Waals surface area contributed by atoms with Crippen LogP contribution in [0.1, 0.15) is 18.4 Å². The molecule has 23 heavy (non-hydrogen) atoms. The first-order valence-electron chi connectivity index (χ1n) is 7.76. The van der Waals surface area contributed by atoms with E-state index in [2.05, 4.69) is 14.9 Å². The van der Waals surface area contributed by atoms with Crippen LogP contribution in [-0.2, 0) is 6.54 Å².